The van der Waals surface area contributed by atoms with Gasteiger partial charge in [-0.15, -0.1) is 0 Å². The highest BCUT2D eigenvalue weighted by atomic mass is 16.5. The average molecular weight is 211 g/mol. The molecule has 1 N–H and O–H groups in total. The summed E-state index contributed by atoms with van der Waals surface area (Å²) < 4.78 is 10.6. The van der Waals surface area contributed by atoms with Gasteiger partial charge in [0, 0.05) is 13.2 Å². The fraction of sp³-hybridized carbons (Fsp3) is 0.800. The third kappa shape index (κ3) is 3.20. The monoisotopic (exact) mass is 211 g/mol. The molecule has 1 saturated heterocycles. The number of aryl methyl sites for hydroxylation is 1. The molecule has 0 spiro atoms. The van der Waals surface area contributed by atoms with Gasteiger partial charge in [-0.25, -0.2) is 0 Å². The Balaban J connectivity index is 1.65. The number of rotatable bonds is 4. The summed E-state index contributed by atoms with van der Waals surface area (Å²) in [5.41, 5.74) is 0. The van der Waals surface area contributed by atoms with E-state index in [9.17, 15) is 0 Å². The lowest BCUT2D eigenvalue weighted by atomic mass is 10.1. The highest BCUT2D eigenvalue weighted by molar-refractivity contribution is 5.17. The van der Waals surface area contributed by atoms with E-state index in [1.54, 1.807) is 6.92 Å². The van der Waals surface area contributed by atoms with Crippen molar-refractivity contribution in [1.29, 1.82) is 0 Å². The van der Waals surface area contributed by atoms with E-state index in [0.29, 0.717) is 17.9 Å². The van der Waals surface area contributed by atoms with Crippen LogP contribution in [0.3, 0.4) is 0 Å². The third-order valence-electron chi connectivity index (χ3n) is 2.54. The van der Waals surface area contributed by atoms with Crippen LogP contribution in [0.2, 0.25) is 0 Å². The van der Waals surface area contributed by atoms with Crippen molar-refractivity contribution in [2.45, 2.75) is 38.7 Å². The van der Waals surface area contributed by atoms with Crippen molar-refractivity contribution < 1.29 is 9.26 Å². The van der Waals surface area contributed by atoms with Gasteiger partial charge in [-0.1, -0.05) is 5.16 Å². The van der Waals surface area contributed by atoms with E-state index in [-0.39, 0.29) is 0 Å². The van der Waals surface area contributed by atoms with Crippen molar-refractivity contribution in [2.24, 2.45) is 0 Å². The number of aromatic nitrogens is 2. The Bertz CT molecular complexity index is 295. The van der Waals surface area contributed by atoms with Crippen LogP contribution < -0.4 is 5.32 Å². The zero-order chi connectivity index (χ0) is 10.5. The van der Waals surface area contributed by atoms with E-state index in [1.807, 2.05) is 0 Å². The van der Waals surface area contributed by atoms with Gasteiger partial charge in [0.25, 0.3) is 0 Å². The molecule has 1 fully saturated rings. The van der Waals surface area contributed by atoms with Crippen molar-refractivity contribution in [3.05, 3.63) is 5.82 Å². The van der Waals surface area contributed by atoms with Gasteiger partial charge in [-0.2, -0.15) is 4.98 Å². The lowest BCUT2D eigenvalue weighted by Crippen LogP contribution is -2.22. The maximum atomic E-state index is 5.61. The normalized spacial score (nSPS) is 21.5. The van der Waals surface area contributed by atoms with Gasteiger partial charge in [0.05, 0.1) is 6.10 Å². The standard InChI is InChI=1S/C10H17N3O2/c1-8-12-10(15-13-8)11-6-5-9-4-2-3-7-14-9/h9H,2-7H2,1H3,(H,11,12,13). The van der Waals surface area contributed by atoms with E-state index in [2.05, 4.69) is 15.5 Å². The first-order chi connectivity index (χ1) is 7.34. The van der Waals surface area contributed by atoms with Crippen LogP contribution in [0, 0.1) is 6.92 Å². The zero-order valence-electron chi connectivity index (χ0n) is 9.03. The van der Waals surface area contributed by atoms with Gasteiger partial charge in [0.2, 0.25) is 0 Å². The maximum Gasteiger partial charge on any atom is 0.321 e. The fourth-order valence-corrected chi connectivity index (χ4v) is 1.74. The molecule has 15 heavy (non-hydrogen) atoms. The summed E-state index contributed by atoms with van der Waals surface area (Å²) >= 11 is 0. The lowest BCUT2D eigenvalue weighted by Gasteiger charge is -2.22. The third-order valence-corrected chi connectivity index (χ3v) is 2.54. The van der Waals surface area contributed by atoms with Crippen LogP contribution in [0.5, 0.6) is 0 Å². The van der Waals surface area contributed by atoms with Crippen LogP contribution in [-0.2, 0) is 4.74 Å². The van der Waals surface area contributed by atoms with Gasteiger partial charge in [0.15, 0.2) is 5.82 Å². The molecule has 2 heterocycles. The number of anilines is 1. The quantitative estimate of drug-likeness (QED) is 0.822. The zero-order valence-corrected chi connectivity index (χ0v) is 9.03. The predicted octanol–water partition coefficient (Wildman–Crippen LogP) is 1.75. The van der Waals surface area contributed by atoms with Crippen LogP contribution >= 0.6 is 0 Å². The topological polar surface area (TPSA) is 60.2 Å². The minimum Gasteiger partial charge on any atom is -0.378 e. The Morgan fingerprint density at radius 2 is 2.40 bits per heavy atom. The van der Waals surface area contributed by atoms with Crippen LogP contribution in [0.4, 0.5) is 6.01 Å². The highest BCUT2D eigenvalue weighted by Gasteiger charge is 2.13. The number of hydrogen-bond acceptors (Lipinski definition) is 5. The molecule has 84 valence electrons. The molecule has 0 saturated carbocycles. The molecule has 1 unspecified atom stereocenters. The smallest absolute Gasteiger partial charge is 0.321 e. The van der Waals surface area contributed by atoms with Gasteiger partial charge in [0.1, 0.15) is 0 Å². The SMILES string of the molecule is Cc1noc(NCCC2CCCCO2)n1. The first-order valence-electron chi connectivity index (χ1n) is 5.50. The minimum absolute atomic E-state index is 0.398. The van der Waals surface area contributed by atoms with Gasteiger partial charge >= 0.3 is 6.01 Å². The van der Waals surface area contributed by atoms with E-state index in [0.717, 1.165) is 19.6 Å². The van der Waals surface area contributed by atoms with Crippen molar-refractivity contribution in [2.75, 3.05) is 18.5 Å². The first kappa shape index (κ1) is 10.4. The summed E-state index contributed by atoms with van der Waals surface area (Å²) in [7, 11) is 0. The van der Waals surface area contributed by atoms with Crippen molar-refractivity contribution in [3.8, 4) is 0 Å². The molecule has 1 atom stereocenters. The second kappa shape index (κ2) is 5.11. The molecule has 0 radical (unpaired) electrons. The van der Waals surface area contributed by atoms with Crippen LogP contribution in [0.15, 0.2) is 4.52 Å². The highest BCUT2D eigenvalue weighted by Crippen LogP contribution is 2.15. The average Bonchev–Trinajstić information content (AvgIpc) is 2.66. The Morgan fingerprint density at radius 1 is 1.47 bits per heavy atom. The fourth-order valence-electron chi connectivity index (χ4n) is 1.74. The summed E-state index contributed by atoms with van der Waals surface area (Å²) in [5.74, 6) is 0.659. The molecule has 2 rings (SSSR count). The molecule has 0 aromatic carbocycles. The Morgan fingerprint density at radius 3 is 3.07 bits per heavy atom. The number of nitrogens with zero attached hydrogens (tertiary/aromatic N) is 2. The van der Waals surface area contributed by atoms with E-state index in [1.165, 1.54) is 19.3 Å². The Kier molecular flexibility index (Phi) is 3.55. The molecule has 1 aromatic rings. The summed E-state index contributed by atoms with van der Waals surface area (Å²) in [6, 6.07) is 0.503. The molecular weight excluding hydrogens is 194 g/mol. The van der Waals surface area contributed by atoms with E-state index in [4.69, 9.17) is 9.26 Å². The molecule has 0 bridgehead atoms. The first-order valence-corrected chi connectivity index (χ1v) is 5.50. The van der Waals surface area contributed by atoms with Crippen LogP contribution in [0.1, 0.15) is 31.5 Å². The molecule has 1 aliphatic rings. The second-order valence-corrected chi connectivity index (χ2v) is 3.85. The molecular formula is C10H17N3O2. The van der Waals surface area contributed by atoms with Gasteiger partial charge < -0.3 is 14.6 Å². The minimum atomic E-state index is 0.398. The van der Waals surface area contributed by atoms with Crippen LogP contribution in [-0.4, -0.2) is 29.4 Å². The second-order valence-electron chi connectivity index (χ2n) is 3.85. The van der Waals surface area contributed by atoms with E-state index >= 15 is 0 Å². The predicted molar refractivity (Wildman–Crippen MR) is 55.7 cm³/mol. The van der Waals surface area contributed by atoms with Crippen molar-refractivity contribution in [1.82, 2.24) is 10.1 Å². The molecule has 1 aromatic heterocycles. The molecule has 1 aliphatic heterocycles. The lowest BCUT2D eigenvalue weighted by molar-refractivity contribution is 0.0133. The number of hydrogen-bond donors (Lipinski definition) is 1. The van der Waals surface area contributed by atoms with Crippen LogP contribution in [0.25, 0.3) is 0 Å². The van der Waals surface area contributed by atoms with Gasteiger partial charge in [-0.3, -0.25) is 0 Å². The largest absolute Gasteiger partial charge is 0.378 e. The molecule has 0 amide bonds. The summed E-state index contributed by atoms with van der Waals surface area (Å²) in [6.07, 6.45) is 5.05. The molecule has 5 heteroatoms. The Hall–Kier alpha value is -1.10. The van der Waals surface area contributed by atoms with Gasteiger partial charge in [-0.05, 0) is 32.6 Å². The number of nitrogens with one attached hydrogen (secondary N) is 1. The summed E-state index contributed by atoms with van der Waals surface area (Å²) in [5, 5.41) is 6.79. The maximum absolute atomic E-state index is 5.61. The molecule has 5 nitrogen and oxygen atoms in total. The Labute approximate surface area is 89.2 Å². The summed E-state index contributed by atoms with van der Waals surface area (Å²) in [6.45, 7) is 3.54. The van der Waals surface area contributed by atoms with Crippen molar-refractivity contribution in [3.63, 3.8) is 0 Å². The molecule has 0 aliphatic carbocycles. The number of ether oxygens (including phenoxy) is 1. The summed E-state index contributed by atoms with van der Waals surface area (Å²) in [4.78, 5) is 4.06. The van der Waals surface area contributed by atoms with E-state index < -0.39 is 0 Å². The van der Waals surface area contributed by atoms with Crippen molar-refractivity contribution >= 4 is 6.01 Å².